The minimum absolute atomic E-state index is 1.34. The Kier molecular flexibility index (Phi) is 4.19. The maximum Gasteiger partial charge on any atom is 0.0244 e. The Balaban J connectivity index is 2.16. The molecular formula is C15H16S2. The zero-order valence-corrected chi connectivity index (χ0v) is 12.0. The van der Waals surface area contributed by atoms with Crippen molar-refractivity contribution >= 4 is 21.6 Å². The van der Waals surface area contributed by atoms with Gasteiger partial charge in [-0.3, -0.25) is 0 Å². The van der Waals surface area contributed by atoms with Gasteiger partial charge in [0.1, 0.15) is 0 Å². The topological polar surface area (TPSA) is 0 Å². The lowest BCUT2D eigenvalue weighted by Gasteiger charge is -2.09. The molecule has 0 saturated carbocycles. The predicted molar refractivity (Wildman–Crippen MR) is 78.8 cm³/mol. The summed E-state index contributed by atoms with van der Waals surface area (Å²) in [6.45, 7) is 6.51. The van der Waals surface area contributed by atoms with Crippen molar-refractivity contribution in [1.82, 2.24) is 0 Å². The number of hydrogen-bond acceptors (Lipinski definition) is 2. The second-order valence-electron chi connectivity index (χ2n) is 4.15. The van der Waals surface area contributed by atoms with Gasteiger partial charge in [-0.05, 0) is 43.5 Å². The molecule has 0 spiro atoms. The Hall–Kier alpha value is -0.860. The summed E-state index contributed by atoms with van der Waals surface area (Å²) in [5, 5.41) is 0. The third kappa shape index (κ3) is 3.08. The lowest BCUT2D eigenvalue weighted by atomic mass is 10.2. The molecule has 2 aromatic carbocycles. The van der Waals surface area contributed by atoms with Crippen LogP contribution >= 0.6 is 21.6 Å². The Labute approximate surface area is 111 Å². The molecule has 88 valence electrons. The average Bonchev–Trinajstić information content (AvgIpc) is 2.30. The van der Waals surface area contributed by atoms with Crippen molar-refractivity contribution in [1.29, 1.82) is 0 Å². The predicted octanol–water partition coefficient (Wildman–Crippen LogP) is 5.41. The van der Waals surface area contributed by atoms with Crippen LogP contribution in [0.3, 0.4) is 0 Å². The van der Waals surface area contributed by atoms with Crippen LogP contribution in [0.25, 0.3) is 0 Å². The van der Waals surface area contributed by atoms with E-state index in [4.69, 9.17) is 0 Å². The van der Waals surface area contributed by atoms with Crippen molar-refractivity contribution < 1.29 is 0 Å². The summed E-state index contributed by atoms with van der Waals surface area (Å²) in [4.78, 5) is 2.74. The zero-order chi connectivity index (χ0) is 12.3. The van der Waals surface area contributed by atoms with Gasteiger partial charge in [-0.1, -0.05) is 58.0 Å². The van der Waals surface area contributed by atoms with E-state index in [9.17, 15) is 0 Å². The highest BCUT2D eigenvalue weighted by Gasteiger charge is 2.05. The van der Waals surface area contributed by atoms with Crippen LogP contribution in [0.2, 0.25) is 0 Å². The van der Waals surface area contributed by atoms with E-state index in [1.807, 2.05) is 21.6 Å². The molecule has 0 N–H and O–H groups in total. The normalized spacial score (nSPS) is 10.5. The second kappa shape index (κ2) is 5.65. The standard InChI is InChI=1S/C15H16S2/c1-11-7-4-5-10-14(11)16-17-15-12(2)8-6-9-13(15)3/h4-10H,1-3H3. The van der Waals surface area contributed by atoms with E-state index in [1.165, 1.54) is 26.5 Å². The fourth-order valence-corrected chi connectivity index (χ4v) is 4.44. The summed E-state index contributed by atoms with van der Waals surface area (Å²) in [6, 6.07) is 15.0. The first-order valence-corrected chi connectivity index (χ1v) is 7.80. The summed E-state index contributed by atoms with van der Waals surface area (Å²) >= 11 is 0. The SMILES string of the molecule is Cc1ccccc1SSc1c(C)cccc1C. The first-order valence-electron chi connectivity index (χ1n) is 5.65. The molecule has 2 aromatic rings. The van der Waals surface area contributed by atoms with Crippen LogP contribution in [-0.2, 0) is 0 Å². The first-order chi connectivity index (χ1) is 8.18. The lowest BCUT2D eigenvalue weighted by molar-refractivity contribution is 1.22. The maximum absolute atomic E-state index is 2.18. The minimum atomic E-state index is 1.34. The molecule has 0 atom stereocenters. The highest BCUT2D eigenvalue weighted by Crippen LogP contribution is 2.41. The van der Waals surface area contributed by atoms with E-state index < -0.39 is 0 Å². The van der Waals surface area contributed by atoms with Crippen LogP contribution in [0, 0.1) is 20.8 Å². The fraction of sp³-hybridized carbons (Fsp3) is 0.200. The van der Waals surface area contributed by atoms with Crippen LogP contribution in [-0.4, -0.2) is 0 Å². The van der Waals surface area contributed by atoms with Crippen molar-refractivity contribution in [3.8, 4) is 0 Å². The largest absolute Gasteiger partial charge is 0.0619 e. The van der Waals surface area contributed by atoms with Gasteiger partial charge < -0.3 is 0 Å². The molecule has 0 aromatic heterocycles. The monoisotopic (exact) mass is 260 g/mol. The molecule has 17 heavy (non-hydrogen) atoms. The van der Waals surface area contributed by atoms with E-state index in [0.29, 0.717) is 0 Å². The molecule has 0 amide bonds. The molecule has 0 bridgehead atoms. The molecule has 2 rings (SSSR count). The van der Waals surface area contributed by atoms with Gasteiger partial charge in [0.05, 0.1) is 0 Å². The van der Waals surface area contributed by atoms with Crippen molar-refractivity contribution in [2.45, 2.75) is 30.6 Å². The molecule has 0 aliphatic carbocycles. The zero-order valence-electron chi connectivity index (χ0n) is 10.4. The summed E-state index contributed by atoms with van der Waals surface area (Å²) in [5.41, 5.74) is 4.06. The van der Waals surface area contributed by atoms with Crippen LogP contribution < -0.4 is 0 Å². The highest BCUT2D eigenvalue weighted by molar-refractivity contribution is 8.76. The Morgan fingerprint density at radius 3 is 1.88 bits per heavy atom. The van der Waals surface area contributed by atoms with E-state index in [0.717, 1.165) is 0 Å². The van der Waals surface area contributed by atoms with E-state index in [1.54, 1.807) is 0 Å². The summed E-state index contributed by atoms with van der Waals surface area (Å²) in [7, 11) is 3.70. The van der Waals surface area contributed by atoms with Crippen LogP contribution in [0.1, 0.15) is 16.7 Å². The number of aryl methyl sites for hydroxylation is 3. The smallest absolute Gasteiger partial charge is 0.0244 e. The third-order valence-electron chi connectivity index (χ3n) is 2.72. The van der Waals surface area contributed by atoms with Crippen LogP contribution in [0.15, 0.2) is 52.3 Å². The molecule has 0 nitrogen and oxygen atoms in total. The second-order valence-corrected chi connectivity index (χ2v) is 6.33. The molecule has 0 aliphatic rings. The van der Waals surface area contributed by atoms with Crippen molar-refractivity contribution in [3.63, 3.8) is 0 Å². The quantitative estimate of drug-likeness (QED) is 0.677. The van der Waals surface area contributed by atoms with Crippen molar-refractivity contribution in [3.05, 3.63) is 59.2 Å². The van der Waals surface area contributed by atoms with Gasteiger partial charge in [0.2, 0.25) is 0 Å². The number of rotatable bonds is 3. The van der Waals surface area contributed by atoms with Crippen molar-refractivity contribution in [2.75, 3.05) is 0 Å². The molecule has 0 aliphatic heterocycles. The molecule has 0 saturated heterocycles. The molecule has 2 heteroatoms. The molecule has 0 radical (unpaired) electrons. The summed E-state index contributed by atoms with van der Waals surface area (Å²) in [5.74, 6) is 0. The minimum Gasteiger partial charge on any atom is -0.0619 e. The Morgan fingerprint density at radius 2 is 1.24 bits per heavy atom. The lowest BCUT2D eigenvalue weighted by Crippen LogP contribution is -1.83. The molecule has 0 unspecified atom stereocenters. The van der Waals surface area contributed by atoms with E-state index >= 15 is 0 Å². The van der Waals surface area contributed by atoms with Crippen molar-refractivity contribution in [2.24, 2.45) is 0 Å². The van der Waals surface area contributed by atoms with Crippen LogP contribution in [0.4, 0.5) is 0 Å². The average molecular weight is 260 g/mol. The molecular weight excluding hydrogens is 244 g/mol. The first kappa shape index (κ1) is 12.6. The Morgan fingerprint density at radius 1 is 0.647 bits per heavy atom. The van der Waals surface area contributed by atoms with Gasteiger partial charge in [-0.15, -0.1) is 0 Å². The number of hydrogen-bond donors (Lipinski definition) is 0. The van der Waals surface area contributed by atoms with Gasteiger partial charge in [0.25, 0.3) is 0 Å². The fourth-order valence-electron chi connectivity index (χ4n) is 1.67. The maximum atomic E-state index is 2.18. The Bertz CT molecular complexity index is 498. The van der Waals surface area contributed by atoms with Gasteiger partial charge in [-0.25, -0.2) is 0 Å². The summed E-state index contributed by atoms with van der Waals surface area (Å²) < 4.78 is 0. The van der Waals surface area contributed by atoms with Crippen LogP contribution in [0.5, 0.6) is 0 Å². The summed E-state index contributed by atoms with van der Waals surface area (Å²) in [6.07, 6.45) is 0. The van der Waals surface area contributed by atoms with Gasteiger partial charge in [-0.2, -0.15) is 0 Å². The van der Waals surface area contributed by atoms with E-state index in [-0.39, 0.29) is 0 Å². The number of benzene rings is 2. The molecule has 0 fully saturated rings. The van der Waals surface area contributed by atoms with Gasteiger partial charge in [0.15, 0.2) is 0 Å². The third-order valence-corrected chi connectivity index (χ3v) is 5.54. The van der Waals surface area contributed by atoms with E-state index in [2.05, 4.69) is 63.2 Å². The van der Waals surface area contributed by atoms with Gasteiger partial charge in [0, 0.05) is 9.79 Å². The molecule has 0 heterocycles. The highest BCUT2D eigenvalue weighted by atomic mass is 33.1. The van der Waals surface area contributed by atoms with Gasteiger partial charge >= 0.3 is 0 Å².